The summed E-state index contributed by atoms with van der Waals surface area (Å²) >= 11 is 0. The predicted molar refractivity (Wildman–Crippen MR) is 245 cm³/mol. The van der Waals surface area contributed by atoms with Crippen molar-refractivity contribution in [3.8, 4) is 50.6 Å². The van der Waals surface area contributed by atoms with Gasteiger partial charge in [0.25, 0.3) is 0 Å². The van der Waals surface area contributed by atoms with Gasteiger partial charge in [-0.15, -0.1) is 0 Å². The summed E-state index contributed by atoms with van der Waals surface area (Å²) in [5, 5.41) is 0. The lowest BCUT2D eigenvalue weighted by Crippen LogP contribution is -2.46. The second kappa shape index (κ2) is 17.8. The van der Waals surface area contributed by atoms with Crippen LogP contribution >= 0.6 is 0 Å². The molecule has 3 aliphatic rings. The van der Waals surface area contributed by atoms with Crippen molar-refractivity contribution in [2.24, 2.45) is 16.2 Å². The molecule has 6 aromatic carbocycles. The average Bonchev–Trinajstić information content (AvgIpc) is 3.27. The molecule has 7 nitrogen and oxygen atoms in total. The number of benzene rings is 6. The first-order chi connectivity index (χ1) is 29.9. The molecule has 6 aromatic rings. The van der Waals surface area contributed by atoms with E-state index in [2.05, 4.69) is 171 Å². The molecular weight excluding hydrogens is 759 g/mol. The van der Waals surface area contributed by atoms with Gasteiger partial charge < -0.3 is 33.3 Å². The fraction of sp³-hybridized carbons (Fsp3) is 0.333. The Morgan fingerprint density at radius 3 is 0.738 bits per heavy atom. The number of rotatable bonds is 18. The van der Waals surface area contributed by atoms with Crippen molar-refractivity contribution in [3.63, 3.8) is 0 Å². The zero-order valence-corrected chi connectivity index (χ0v) is 35.7. The molecule has 9 rings (SSSR count). The van der Waals surface area contributed by atoms with E-state index >= 15 is 0 Å². The molecule has 3 aliphatic heterocycles. The van der Waals surface area contributed by atoms with Gasteiger partial charge in [-0.05, 0) is 125 Å². The molecular formula is C54H57NO6. The van der Waals surface area contributed by atoms with Crippen molar-refractivity contribution >= 4 is 17.1 Å². The first kappa shape index (κ1) is 40.8. The minimum atomic E-state index is 0.149. The standard InChI is InChI=1S/C54H57NO6/c1-4-52(31-56-32-52)37-59-49-25-13-43(14-26-49)40-7-19-46(20-8-40)55(47-21-9-41(10-22-47)44-15-27-50(28-16-44)60-38-53(5-2)33-57-34-53)48-23-11-42(12-24-48)45-17-29-51(30-18-45)61-39-54(6-3)35-58-36-54/h7-30H,4-6,31-39H2,1-3H3. The third-order valence-corrected chi connectivity index (χ3v) is 13.3. The normalized spacial score (nSPS) is 17.0. The third-order valence-electron chi connectivity index (χ3n) is 13.3. The molecule has 0 atom stereocenters. The van der Waals surface area contributed by atoms with Crippen LogP contribution in [-0.2, 0) is 14.2 Å². The monoisotopic (exact) mass is 815 g/mol. The van der Waals surface area contributed by atoms with E-state index in [1.54, 1.807) is 0 Å². The van der Waals surface area contributed by atoms with Gasteiger partial charge in [-0.2, -0.15) is 0 Å². The fourth-order valence-corrected chi connectivity index (χ4v) is 8.14. The van der Waals surface area contributed by atoms with Crippen molar-refractivity contribution in [3.05, 3.63) is 146 Å². The number of nitrogens with zero attached hydrogens (tertiary/aromatic N) is 1. The van der Waals surface area contributed by atoms with Gasteiger partial charge in [0, 0.05) is 17.1 Å². The third kappa shape index (κ3) is 8.92. The maximum absolute atomic E-state index is 6.18. The predicted octanol–water partition coefficient (Wildman–Crippen LogP) is 12.6. The van der Waals surface area contributed by atoms with E-state index in [-0.39, 0.29) is 16.2 Å². The Morgan fingerprint density at radius 2 is 0.557 bits per heavy atom. The van der Waals surface area contributed by atoms with Crippen molar-refractivity contribution in [1.82, 2.24) is 0 Å². The molecule has 0 bridgehead atoms. The molecule has 3 fully saturated rings. The van der Waals surface area contributed by atoms with Crippen LogP contribution in [0.2, 0.25) is 0 Å². The first-order valence-corrected chi connectivity index (χ1v) is 21.9. The van der Waals surface area contributed by atoms with Crippen LogP contribution in [0.15, 0.2) is 146 Å². The molecule has 3 saturated heterocycles. The first-order valence-electron chi connectivity index (χ1n) is 21.9. The molecule has 0 aliphatic carbocycles. The molecule has 0 spiro atoms. The number of hydrogen-bond donors (Lipinski definition) is 0. The Kier molecular flexibility index (Phi) is 11.9. The van der Waals surface area contributed by atoms with Crippen LogP contribution in [0.1, 0.15) is 40.0 Å². The Bertz CT molecular complexity index is 2040. The van der Waals surface area contributed by atoms with Gasteiger partial charge in [-0.3, -0.25) is 0 Å². The fourth-order valence-electron chi connectivity index (χ4n) is 8.14. The highest BCUT2D eigenvalue weighted by atomic mass is 16.5. The van der Waals surface area contributed by atoms with Gasteiger partial charge in [0.15, 0.2) is 0 Å². The lowest BCUT2D eigenvalue weighted by molar-refractivity contribution is -0.133. The van der Waals surface area contributed by atoms with Crippen LogP contribution in [0, 0.1) is 16.2 Å². The molecule has 61 heavy (non-hydrogen) atoms. The van der Waals surface area contributed by atoms with Gasteiger partial charge in [-0.25, -0.2) is 0 Å². The zero-order chi connectivity index (χ0) is 41.7. The highest BCUT2D eigenvalue weighted by Crippen LogP contribution is 2.39. The van der Waals surface area contributed by atoms with Crippen molar-refractivity contribution in [1.29, 1.82) is 0 Å². The van der Waals surface area contributed by atoms with E-state index in [0.717, 1.165) is 127 Å². The Morgan fingerprint density at radius 1 is 0.344 bits per heavy atom. The minimum Gasteiger partial charge on any atom is -0.493 e. The Labute approximate surface area is 361 Å². The van der Waals surface area contributed by atoms with E-state index in [1.165, 1.54) is 0 Å². The van der Waals surface area contributed by atoms with E-state index in [1.807, 2.05) is 0 Å². The van der Waals surface area contributed by atoms with Gasteiger partial charge in [-0.1, -0.05) is 93.6 Å². The van der Waals surface area contributed by atoms with E-state index in [9.17, 15) is 0 Å². The Balaban J connectivity index is 0.932. The minimum absolute atomic E-state index is 0.149. The molecule has 0 saturated carbocycles. The largest absolute Gasteiger partial charge is 0.493 e. The van der Waals surface area contributed by atoms with E-state index < -0.39 is 0 Å². The topological polar surface area (TPSA) is 58.6 Å². The number of ether oxygens (including phenoxy) is 6. The smallest absolute Gasteiger partial charge is 0.119 e. The second-order valence-corrected chi connectivity index (χ2v) is 17.5. The summed E-state index contributed by atoms with van der Waals surface area (Å²) in [5.74, 6) is 2.67. The lowest BCUT2D eigenvalue weighted by atomic mass is 9.84. The van der Waals surface area contributed by atoms with Gasteiger partial charge >= 0.3 is 0 Å². The summed E-state index contributed by atoms with van der Waals surface area (Å²) in [6.45, 7) is 13.3. The van der Waals surface area contributed by atoms with Crippen molar-refractivity contribution < 1.29 is 28.4 Å². The summed E-state index contributed by atoms with van der Waals surface area (Å²) in [7, 11) is 0. The molecule has 0 unspecified atom stereocenters. The Hall–Kier alpha value is -5.60. The maximum atomic E-state index is 6.18. The molecule has 314 valence electrons. The van der Waals surface area contributed by atoms with E-state index in [0.29, 0.717) is 19.8 Å². The van der Waals surface area contributed by atoms with Gasteiger partial charge in [0.05, 0.1) is 75.7 Å². The van der Waals surface area contributed by atoms with Crippen LogP contribution in [0.4, 0.5) is 17.1 Å². The quantitative estimate of drug-likeness (QED) is 0.0856. The van der Waals surface area contributed by atoms with Crippen LogP contribution in [0.5, 0.6) is 17.2 Å². The van der Waals surface area contributed by atoms with E-state index in [4.69, 9.17) is 28.4 Å². The molecule has 3 heterocycles. The summed E-state index contributed by atoms with van der Waals surface area (Å²) < 4.78 is 35.0. The summed E-state index contributed by atoms with van der Waals surface area (Å²) in [6.07, 6.45) is 3.18. The van der Waals surface area contributed by atoms with Crippen molar-refractivity contribution in [2.75, 3.05) is 64.4 Å². The summed E-state index contributed by atoms with van der Waals surface area (Å²) in [5.41, 5.74) is 10.5. The average molecular weight is 816 g/mol. The second-order valence-electron chi connectivity index (χ2n) is 17.5. The van der Waals surface area contributed by atoms with Gasteiger partial charge in [0.1, 0.15) is 17.2 Å². The molecule has 0 N–H and O–H groups in total. The lowest BCUT2D eigenvalue weighted by Gasteiger charge is -2.40. The summed E-state index contributed by atoms with van der Waals surface area (Å²) in [6, 6.07) is 51.7. The highest BCUT2D eigenvalue weighted by Gasteiger charge is 2.39. The van der Waals surface area contributed by atoms with Crippen molar-refractivity contribution in [2.45, 2.75) is 40.0 Å². The summed E-state index contributed by atoms with van der Waals surface area (Å²) in [4.78, 5) is 2.32. The highest BCUT2D eigenvalue weighted by molar-refractivity contribution is 5.81. The zero-order valence-electron chi connectivity index (χ0n) is 35.7. The van der Waals surface area contributed by atoms with Crippen LogP contribution in [-0.4, -0.2) is 59.5 Å². The van der Waals surface area contributed by atoms with Crippen LogP contribution in [0.25, 0.3) is 33.4 Å². The SMILES string of the molecule is CCC1(COc2ccc(-c3ccc(N(c4ccc(-c5ccc(OCC6(CC)COC6)cc5)cc4)c4ccc(-c5ccc(OCC6(CC)COC6)cc5)cc4)cc3)cc2)COC1. The van der Waals surface area contributed by atoms with Crippen LogP contribution < -0.4 is 19.1 Å². The number of anilines is 3. The molecule has 0 radical (unpaired) electrons. The number of hydrogen-bond acceptors (Lipinski definition) is 7. The van der Waals surface area contributed by atoms with Crippen LogP contribution in [0.3, 0.4) is 0 Å². The molecule has 0 amide bonds. The molecule has 0 aromatic heterocycles. The maximum Gasteiger partial charge on any atom is 0.119 e. The molecule has 7 heteroatoms. The van der Waals surface area contributed by atoms with Gasteiger partial charge in [0.2, 0.25) is 0 Å².